The first-order valence-electron chi connectivity index (χ1n) is 6.26. The second-order valence-corrected chi connectivity index (χ2v) is 5.07. The Labute approximate surface area is 122 Å². The summed E-state index contributed by atoms with van der Waals surface area (Å²) in [6, 6.07) is 8.85. The highest BCUT2D eigenvalue weighted by atomic mass is 35.5. The molecule has 3 nitrogen and oxygen atoms in total. The predicted octanol–water partition coefficient (Wildman–Crippen LogP) is 3.56. The summed E-state index contributed by atoms with van der Waals surface area (Å²) in [4.78, 5) is 5.98. The molecule has 2 aromatic rings. The van der Waals surface area contributed by atoms with Gasteiger partial charge in [-0.3, -0.25) is 0 Å². The van der Waals surface area contributed by atoms with E-state index in [1.807, 2.05) is 43.1 Å². The molecule has 0 saturated carbocycles. The summed E-state index contributed by atoms with van der Waals surface area (Å²) < 4.78 is 13.2. The van der Waals surface area contributed by atoms with Crippen molar-refractivity contribution in [2.75, 3.05) is 11.9 Å². The molecule has 0 fully saturated rings. The Morgan fingerprint density at radius 1 is 1.35 bits per heavy atom. The van der Waals surface area contributed by atoms with Gasteiger partial charge in [-0.15, -0.1) is 0 Å². The summed E-state index contributed by atoms with van der Waals surface area (Å²) in [5, 5.41) is 10.0. The smallest absolute Gasteiger partial charge is 0.142 e. The van der Waals surface area contributed by atoms with E-state index in [9.17, 15) is 9.50 Å². The van der Waals surface area contributed by atoms with Gasteiger partial charge in [-0.2, -0.15) is 0 Å². The lowest BCUT2D eigenvalue weighted by Gasteiger charge is -2.28. The lowest BCUT2D eigenvalue weighted by Crippen LogP contribution is -2.24. The van der Waals surface area contributed by atoms with Gasteiger partial charge in [0.2, 0.25) is 0 Å². The molecule has 0 bridgehead atoms. The molecule has 1 aromatic heterocycles. The number of aliphatic hydroxyl groups is 1. The van der Waals surface area contributed by atoms with Gasteiger partial charge in [0, 0.05) is 17.6 Å². The van der Waals surface area contributed by atoms with Crippen molar-refractivity contribution in [3.63, 3.8) is 0 Å². The van der Waals surface area contributed by atoms with Crippen LogP contribution in [0.1, 0.15) is 24.1 Å². The fourth-order valence-corrected chi connectivity index (χ4v) is 2.18. The van der Waals surface area contributed by atoms with Crippen LogP contribution < -0.4 is 4.90 Å². The van der Waals surface area contributed by atoms with Crippen LogP contribution in [0.5, 0.6) is 0 Å². The SMILES string of the molecule is CC(c1ccc(Cl)cc1)N(C)c1ncc(F)cc1CO. The second-order valence-electron chi connectivity index (χ2n) is 4.63. The van der Waals surface area contributed by atoms with Crippen LogP contribution in [0.25, 0.3) is 0 Å². The highest BCUT2D eigenvalue weighted by molar-refractivity contribution is 6.30. The number of hydrogen-bond acceptors (Lipinski definition) is 3. The number of benzene rings is 1. The Morgan fingerprint density at radius 3 is 2.60 bits per heavy atom. The Kier molecular flexibility index (Phi) is 4.57. The first kappa shape index (κ1) is 14.8. The zero-order chi connectivity index (χ0) is 14.7. The number of rotatable bonds is 4. The van der Waals surface area contributed by atoms with Crippen molar-refractivity contribution in [3.05, 3.63) is 58.5 Å². The largest absolute Gasteiger partial charge is 0.392 e. The molecule has 2 rings (SSSR count). The minimum Gasteiger partial charge on any atom is -0.392 e. The number of pyridine rings is 1. The highest BCUT2D eigenvalue weighted by Crippen LogP contribution is 2.27. The first-order chi connectivity index (χ1) is 9.52. The van der Waals surface area contributed by atoms with Crippen LogP contribution in [0.2, 0.25) is 5.02 Å². The molecule has 0 radical (unpaired) electrons. The van der Waals surface area contributed by atoms with Crippen molar-refractivity contribution in [3.8, 4) is 0 Å². The van der Waals surface area contributed by atoms with E-state index in [0.29, 0.717) is 16.4 Å². The molecule has 1 aromatic carbocycles. The maximum Gasteiger partial charge on any atom is 0.142 e. The molecule has 5 heteroatoms. The van der Waals surface area contributed by atoms with E-state index < -0.39 is 5.82 Å². The summed E-state index contributed by atoms with van der Waals surface area (Å²) in [6.07, 6.45) is 1.15. The molecule has 1 atom stereocenters. The van der Waals surface area contributed by atoms with Gasteiger partial charge in [-0.25, -0.2) is 9.37 Å². The third-order valence-corrected chi connectivity index (χ3v) is 3.60. The topological polar surface area (TPSA) is 36.4 Å². The van der Waals surface area contributed by atoms with E-state index in [1.165, 1.54) is 6.07 Å². The normalized spacial score (nSPS) is 12.2. The monoisotopic (exact) mass is 294 g/mol. The van der Waals surface area contributed by atoms with Crippen molar-refractivity contribution < 1.29 is 9.50 Å². The molecular weight excluding hydrogens is 279 g/mol. The lowest BCUT2D eigenvalue weighted by molar-refractivity contribution is 0.281. The average Bonchev–Trinajstić information content (AvgIpc) is 2.46. The van der Waals surface area contributed by atoms with E-state index in [1.54, 1.807) is 0 Å². The quantitative estimate of drug-likeness (QED) is 0.936. The fraction of sp³-hybridized carbons (Fsp3) is 0.267. The number of aliphatic hydroxyl groups excluding tert-OH is 1. The van der Waals surface area contributed by atoms with Crippen LogP contribution in [-0.4, -0.2) is 17.1 Å². The summed E-state index contributed by atoms with van der Waals surface area (Å²) in [5.41, 5.74) is 1.53. The lowest BCUT2D eigenvalue weighted by atomic mass is 10.1. The number of halogens is 2. The average molecular weight is 295 g/mol. The Morgan fingerprint density at radius 2 is 2.00 bits per heavy atom. The van der Waals surface area contributed by atoms with Crippen LogP contribution in [0.15, 0.2) is 36.5 Å². The first-order valence-corrected chi connectivity index (χ1v) is 6.64. The number of nitrogens with zero attached hydrogens (tertiary/aromatic N) is 2. The van der Waals surface area contributed by atoms with Gasteiger partial charge < -0.3 is 10.0 Å². The number of aromatic nitrogens is 1. The minimum absolute atomic E-state index is 0.0236. The van der Waals surface area contributed by atoms with E-state index in [0.717, 1.165) is 11.8 Å². The van der Waals surface area contributed by atoms with Crippen molar-refractivity contribution in [2.24, 2.45) is 0 Å². The maximum atomic E-state index is 13.2. The minimum atomic E-state index is -0.453. The van der Waals surface area contributed by atoms with E-state index in [4.69, 9.17) is 11.6 Å². The molecule has 0 aliphatic heterocycles. The standard InChI is InChI=1S/C15H16ClFN2O/c1-10(11-3-5-13(16)6-4-11)19(2)15-12(9-20)7-14(17)8-18-15/h3-8,10,20H,9H2,1-2H3. The summed E-state index contributed by atoms with van der Waals surface area (Å²) in [7, 11) is 1.86. The van der Waals surface area contributed by atoms with Gasteiger partial charge >= 0.3 is 0 Å². The zero-order valence-corrected chi connectivity index (χ0v) is 12.1. The Bertz CT molecular complexity index is 589. The zero-order valence-electron chi connectivity index (χ0n) is 11.3. The maximum absolute atomic E-state index is 13.2. The van der Waals surface area contributed by atoms with Gasteiger partial charge in [-0.05, 0) is 30.7 Å². The molecule has 1 N–H and O–H groups in total. The molecule has 1 unspecified atom stereocenters. The van der Waals surface area contributed by atoms with Gasteiger partial charge in [0.1, 0.15) is 11.6 Å². The molecule has 106 valence electrons. The van der Waals surface area contributed by atoms with Crippen molar-refractivity contribution in [2.45, 2.75) is 19.6 Å². The molecule has 0 aliphatic carbocycles. The van der Waals surface area contributed by atoms with Gasteiger partial charge in [0.15, 0.2) is 0 Å². The molecule has 0 saturated heterocycles. The second kappa shape index (κ2) is 6.20. The predicted molar refractivity (Wildman–Crippen MR) is 78.4 cm³/mol. The number of hydrogen-bond donors (Lipinski definition) is 1. The molecule has 20 heavy (non-hydrogen) atoms. The van der Waals surface area contributed by atoms with Gasteiger partial charge in [-0.1, -0.05) is 23.7 Å². The fourth-order valence-electron chi connectivity index (χ4n) is 2.06. The van der Waals surface area contributed by atoms with E-state index in [-0.39, 0.29) is 12.6 Å². The van der Waals surface area contributed by atoms with Crippen LogP contribution in [-0.2, 0) is 6.61 Å². The summed E-state index contributed by atoms with van der Waals surface area (Å²) >= 11 is 5.88. The van der Waals surface area contributed by atoms with Crippen LogP contribution in [0, 0.1) is 5.82 Å². The van der Waals surface area contributed by atoms with Crippen molar-refractivity contribution in [1.82, 2.24) is 4.98 Å². The number of anilines is 1. The Hall–Kier alpha value is -1.65. The van der Waals surface area contributed by atoms with E-state index >= 15 is 0 Å². The molecule has 1 heterocycles. The van der Waals surface area contributed by atoms with Crippen LogP contribution in [0.3, 0.4) is 0 Å². The van der Waals surface area contributed by atoms with Gasteiger partial charge in [0.25, 0.3) is 0 Å². The van der Waals surface area contributed by atoms with Gasteiger partial charge in [0.05, 0.1) is 18.8 Å². The summed E-state index contributed by atoms with van der Waals surface area (Å²) in [6.45, 7) is 1.76. The van der Waals surface area contributed by atoms with Crippen molar-refractivity contribution >= 4 is 17.4 Å². The molecule has 0 amide bonds. The van der Waals surface area contributed by atoms with E-state index in [2.05, 4.69) is 4.98 Å². The molecule has 0 spiro atoms. The van der Waals surface area contributed by atoms with Crippen LogP contribution >= 0.6 is 11.6 Å². The molecular formula is C15H16ClFN2O. The van der Waals surface area contributed by atoms with Crippen LogP contribution in [0.4, 0.5) is 10.2 Å². The molecule has 0 aliphatic rings. The highest BCUT2D eigenvalue weighted by Gasteiger charge is 2.17. The Balaban J connectivity index is 2.30. The van der Waals surface area contributed by atoms with Crippen molar-refractivity contribution in [1.29, 1.82) is 0 Å². The third-order valence-electron chi connectivity index (χ3n) is 3.35. The summed E-state index contributed by atoms with van der Waals surface area (Å²) in [5.74, 6) is 0.113. The third kappa shape index (κ3) is 3.08.